The molecule has 1 amide bonds. The Balaban J connectivity index is 1.52. The lowest BCUT2D eigenvalue weighted by atomic mass is 10.0. The van der Waals surface area contributed by atoms with E-state index in [9.17, 15) is 4.79 Å². The number of thiazole rings is 1. The molecule has 0 saturated carbocycles. The summed E-state index contributed by atoms with van der Waals surface area (Å²) in [5.41, 5.74) is 2.95. The minimum Gasteiger partial charge on any atom is -0.497 e. The second-order valence-electron chi connectivity index (χ2n) is 7.61. The van der Waals surface area contributed by atoms with Crippen LogP contribution in [0.25, 0.3) is 21.0 Å². The van der Waals surface area contributed by atoms with Crippen molar-refractivity contribution in [3.05, 3.63) is 102 Å². The zero-order valence-corrected chi connectivity index (χ0v) is 18.5. The van der Waals surface area contributed by atoms with Crippen LogP contribution in [0.2, 0.25) is 0 Å². The van der Waals surface area contributed by atoms with Crippen molar-refractivity contribution in [3.8, 4) is 5.75 Å². The van der Waals surface area contributed by atoms with Gasteiger partial charge in [0.05, 0.1) is 30.3 Å². The van der Waals surface area contributed by atoms with Crippen LogP contribution in [0.3, 0.4) is 0 Å². The summed E-state index contributed by atoms with van der Waals surface area (Å²) in [6.45, 7) is 0.474. The molecule has 1 aromatic heterocycles. The van der Waals surface area contributed by atoms with Crippen LogP contribution in [0.4, 0.5) is 5.13 Å². The van der Waals surface area contributed by atoms with Gasteiger partial charge in [-0.25, -0.2) is 4.98 Å². The average Bonchev–Trinajstić information content (AvgIpc) is 3.26. The molecule has 0 N–H and O–H groups in total. The van der Waals surface area contributed by atoms with Gasteiger partial charge in [-0.2, -0.15) is 0 Å². The summed E-state index contributed by atoms with van der Waals surface area (Å²) in [4.78, 5) is 20.2. The Morgan fingerprint density at radius 1 is 0.938 bits per heavy atom. The first-order valence-corrected chi connectivity index (χ1v) is 11.3. The Bertz CT molecular complexity index is 1390. The molecule has 0 fully saturated rings. The van der Waals surface area contributed by atoms with E-state index < -0.39 is 0 Å². The number of rotatable bonds is 6. The number of nitrogens with zero attached hydrogens (tertiary/aromatic N) is 2. The van der Waals surface area contributed by atoms with Crippen molar-refractivity contribution in [1.82, 2.24) is 4.98 Å². The van der Waals surface area contributed by atoms with E-state index in [0.717, 1.165) is 37.9 Å². The summed E-state index contributed by atoms with van der Waals surface area (Å²) in [6.07, 6.45) is 0.313. The van der Waals surface area contributed by atoms with E-state index in [-0.39, 0.29) is 5.91 Å². The third kappa shape index (κ3) is 4.07. The summed E-state index contributed by atoms with van der Waals surface area (Å²) < 4.78 is 6.35. The van der Waals surface area contributed by atoms with Gasteiger partial charge in [0.2, 0.25) is 5.91 Å². The largest absolute Gasteiger partial charge is 0.497 e. The first-order valence-electron chi connectivity index (χ1n) is 10.5. The van der Waals surface area contributed by atoms with Crippen molar-refractivity contribution in [1.29, 1.82) is 0 Å². The number of fused-ring (bicyclic) bond motifs is 2. The maximum Gasteiger partial charge on any atom is 0.233 e. The summed E-state index contributed by atoms with van der Waals surface area (Å²) in [6, 6.07) is 30.1. The van der Waals surface area contributed by atoms with E-state index in [1.165, 1.54) is 11.3 Å². The van der Waals surface area contributed by atoms with Gasteiger partial charge in [-0.1, -0.05) is 84.1 Å². The fraction of sp³-hybridized carbons (Fsp3) is 0.111. The number of amides is 1. The Hall–Kier alpha value is -3.70. The molecule has 0 aliphatic rings. The van der Waals surface area contributed by atoms with Gasteiger partial charge in [0, 0.05) is 0 Å². The number of methoxy groups -OCH3 is 1. The predicted octanol–water partition coefficient (Wildman–Crippen LogP) is 6.23. The van der Waals surface area contributed by atoms with Crippen molar-refractivity contribution >= 4 is 43.4 Å². The molecule has 0 radical (unpaired) electrons. The minimum atomic E-state index is 0.0243. The highest BCUT2D eigenvalue weighted by Gasteiger charge is 2.21. The summed E-state index contributed by atoms with van der Waals surface area (Å²) in [5, 5.41) is 2.94. The van der Waals surface area contributed by atoms with E-state index >= 15 is 0 Å². The van der Waals surface area contributed by atoms with E-state index in [4.69, 9.17) is 9.72 Å². The molecule has 0 spiro atoms. The van der Waals surface area contributed by atoms with Gasteiger partial charge in [0.1, 0.15) is 5.75 Å². The van der Waals surface area contributed by atoms with Gasteiger partial charge in [-0.3, -0.25) is 9.69 Å². The highest BCUT2D eigenvalue weighted by molar-refractivity contribution is 7.22. The van der Waals surface area contributed by atoms with E-state index in [0.29, 0.717) is 18.1 Å². The standard InChI is InChI=1S/C27H22N2O2S/c1-31-22-14-15-24-25(17-22)32-27(28-24)29(18-19-8-3-2-4-9-19)26(30)16-21-12-7-11-20-10-5-6-13-23(20)21/h2-15,17H,16,18H2,1H3. The molecular weight excluding hydrogens is 416 g/mol. The topological polar surface area (TPSA) is 42.4 Å². The molecule has 32 heavy (non-hydrogen) atoms. The maximum atomic E-state index is 13.6. The van der Waals surface area contributed by atoms with Crippen LogP contribution in [-0.4, -0.2) is 18.0 Å². The number of hydrogen-bond donors (Lipinski definition) is 0. The lowest BCUT2D eigenvalue weighted by Crippen LogP contribution is -2.31. The van der Waals surface area contributed by atoms with E-state index in [1.54, 1.807) is 12.0 Å². The van der Waals surface area contributed by atoms with Crippen LogP contribution >= 0.6 is 11.3 Å². The van der Waals surface area contributed by atoms with Crippen LogP contribution in [0, 0.1) is 0 Å². The molecule has 0 atom stereocenters. The molecule has 5 aromatic rings. The molecule has 5 heteroatoms. The number of ether oxygens (including phenoxy) is 1. The van der Waals surface area contributed by atoms with Gasteiger partial charge in [-0.15, -0.1) is 0 Å². The minimum absolute atomic E-state index is 0.0243. The second kappa shape index (κ2) is 8.81. The Kier molecular flexibility index (Phi) is 5.57. The predicted molar refractivity (Wildman–Crippen MR) is 131 cm³/mol. The monoisotopic (exact) mass is 438 g/mol. The smallest absolute Gasteiger partial charge is 0.233 e. The van der Waals surface area contributed by atoms with Crippen molar-refractivity contribution in [2.24, 2.45) is 0 Å². The normalized spacial score (nSPS) is 11.0. The molecule has 0 unspecified atom stereocenters. The van der Waals surface area contributed by atoms with Gasteiger partial charge in [0.25, 0.3) is 0 Å². The zero-order chi connectivity index (χ0) is 21.9. The molecule has 0 aliphatic carbocycles. The summed E-state index contributed by atoms with van der Waals surface area (Å²) in [7, 11) is 1.65. The number of anilines is 1. The highest BCUT2D eigenvalue weighted by Crippen LogP contribution is 2.33. The first kappa shape index (κ1) is 20.2. The molecule has 0 saturated heterocycles. The highest BCUT2D eigenvalue weighted by atomic mass is 32.1. The number of hydrogen-bond acceptors (Lipinski definition) is 4. The fourth-order valence-electron chi connectivity index (χ4n) is 3.87. The molecule has 5 rings (SSSR count). The molecular formula is C27H22N2O2S. The van der Waals surface area contributed by atoms with Crippen LogP contribution < -0.4 is 9.64 Å². The Morgan fingerprint density at radius 2 is 1.72 bits per heavy atom. The van der Waals surface area contributed by atoms with Crippen molar-refractivity contribution in [2.75, 3.05) is 12.0 Å². The van der Waals surface area contributed by atoms with Crippen molar-refractivity contribution in [2.45, 2.75) is 13.0 Å². The SMILES string of the molecule is COc1ccc2nc(N(Cc3ccccc3)C(=O)Cc3cccc4ccccc34)sc2c1. The van der Waals surface area contributed by atoms with Crippen LogP contribution in [0.1, 0.15) is 11.1 Å². The van der Waals surface area contributed by atoms with Gasteiger partial charge >= 0.3 is 0 Å². The molecule has 0 aliphatic heterocycles. The number of benzene rings is 4. The number of carbonyl (C=O) groups excluding carboxylic acids is 1. The third-order valence-electron chi connectivity index (χ3n) is 5.52. The molecule has 158 valence electrons. The van der Waals surface area contributed by atoms with E-state index in [2.05, 4.69) is 18.2 Å². The van der Waals surface area contributed by atoms with Gasteiger partial charge in [0.15, 0.2) is 5.13 Å². The van der Waals surface area contributed by atoms with Crippen molar-refractivity contribution in [3.63, 3.8) is 0 Å². The summed E-state index contributed by atoms with van der Waals surface area (Å²) >= 11 is 1.51. The second-order valence-corrected chi connectivity index (χ2v) is 8.62. The average molecular weight is 439 g/mol. The third-order valence-corrected chi connectivity index (χ3v) is 6.56. The first-order chi connectivity index (χ1) is 15.7. The fourth-order valence-corrected chi connectivity index (χ4v) is 4.88. The maximum absolute atomic E-state index is 13.6. The number of aromatic nitrogens is 1. The van der Waals surface area contributed by atoms with Crippen LogP contribution in [-0.2, 0) is 17.8 Å². The van der Waals surface area contributed by atoms with Crippen LogP contribution in [0.15, 0.2) is 91.0 Å². The zero-order valence-electron chi connectivity index (χ0n) is 17.7. The van der Waals surface area contributed by atoms with Crippen molar-refractivity contribution < 1.29 is 9.53 Å². The molecule has 4 nitrogen and oxygen atoms in total. The molecule has 4 aromatic carbocycles. The molecule has 0 bridgehead atoms. The van der Waals surface area contributed by atoms with Gasteiger partial charge in [-0.05, 0) is 40.1 Å². The Morgan fingerprint density at radius 3 is 2.56 bits per heavy atom. The Labute approximate surface area is 190 Å². The lowest BCUT2D eigenvalue weighted by molar-refractivity contribution is -0.118. The number of carbonyl (C=O) groups is 1. The lowest BCUT2D eigenvalue weighted by Gasteiger charge is -2.20. The molecule has 1 heterocycles. The van der Waals surface area contributed by atoms with E-state index in [1.807, 2.05) is 72.8 Å². The summed E-state index contributed by atoms with van der Waals surface area (Å²) in [5.74, 6) is 0.806. The van der Waals surface area contributed by atoms with Gasteiger partial charge < -0.3 is 4.74 Å². The van der Waals surface area contributed by atoms with Crippen LogP contribution in [0.5, 0.6) is 5.75 Å². The quantitative estimate of drug-likeness (QED) is 0.315.